The van der Waals surface area contributed by atoms with Crippen molar-refractivity contribution in [2.24, 2.45) is 5.73 Å². The minimum absolute atomic E-state index is 0. The predicted molar refractivity (Wildman–Crippen MR) is 112 cm³/mol. The molecule has 0 aliphatic rings. The second-order valence-corrected chi connectivity index (χ2v) is 8.98. The number of thiophene rings is 1. The van der Waals surface area contributed by atoms with Crippen LogP contribution in [0.1, 0.15) is 41.9 Å². The van der Waals surface area contributed by atoms with Gasteiger partial charge >= 0.3 is 0 Å². The fourth-order valence-corrected chi connectivity index (χ4v) is 4.05. The van der Waals surface area contributed by atoms with Gasteiger partial charge in [-0.1, -0.05) is 19.9 Å². The zero-order valence-corrected chi connectivity index (χ0v) is 17.8. The molecule has 0 aliphatic heterocycles. The summed E-state index contributed by atoms with van der Waals surface area (Å²) in [4.78, 5) is 13.3. The summed E-state index contributed by atoms with van der Waals surface area (Å²) in [5.41, 5.74) is 6.15. The maximum atomic E-state index is 12.3. The summed E-state index contributed by atoms with van der Waals surface area (Å²) in [5, 5.41) is 4.71. The van der Waals surface area contributed by atoms with Gasteiger partial charge in [-0.05, 0) is 48.6 Å². The van der Waals surface area contributed by atoms with E-state index in [-0.39, 0.29) is 29.8 Å². The van der Waals surface area contributed by atoms with Crippen molar-refractivity contribution in [3.8, 4) is 0 Å². The number of benzene rings is 1. The van der Waals surface area contributed by atoms with Crippen molar-refractivity contribution in [3.05, 3.63) is 52.2 Å². The van der Waals surface area contributed by atoms with E-state index in [1.54, 1.807) is 0 Å². The van der Waals surface area contributed by atoms with Gasteiger partial charge in [-0.3, -0.25) is 4.79 Å². The number of nitrogens with two attached hydrogens (primary N) is 1. The Morgan fingerprint density at radius 1 is 1.15 bits per heavy atom. The molecule has 1 aromatic carbocycles. The molecule has 4 N–H and O–H groups in total. The van der Waals surface area contributed by atoms with Gasteiger partial charge in [-0.15, -0.1) is 23.7 Å². The van der Waals surface area contributed by atoms with E-state index in [0.29, 0.717) is 12.1 Å². The van der Waals surface area contributed by atoms with Crippen molar-refractivity contribution in [2.45, 2.75) is 43.7 Å². The Morgan fingerprint density at radius 3 is 2.30 bits per heavy atom. The summed E-state index contributed by atoms with van der Waals surface area (Å²) in [6, 6.07) is 9.61. The topological polar surface area (TPSA) is 101 Å². The smallest absolute Gasteiger partial charge is 0.251 e. The molecule has 0 saturated carbocycles. The van der Waals surface area contributed by atoms with E-state index >= 15 is 0 Å². The van der Waals surface area contributed by atoms with E-state index in [0.717, 1.165) is 17.7 Å². The monoisotopic (exact) mass is 431 g/mol. The molecule has 0 saturated heterocycles. The lowest BCUT2D eigenvalue weighted by Gasteiger charge is -2.26. The van der Waals surface area contributed by atoms with Gasteiger partial charge in [-0.2, -0.15) is 0 Å². The summed E-state index contributed by atoms with van der Waals surface area (Å²) in [5.74, 6) is -0.266. The van der Waals surface area contributed by atoms with Gasteiger partial charge in [0.1, 0.15) is 0 Å². The summed E-state index contributed by atoms with van der Waals surface area (Å²) >= 11 is 1.49. The van der Waals surface area contributed by atoms with Crippen molar-refractivity contribution in [2.75, 3.05) is 6.54 Å². The molecule has 0 radical (unpaired) electrons. The van der Waals surface area contributed by atoms with Crippen LogP contribution < -0.4 is 15.8 Å². The van der Waals surface area contributed by atoms with Gasteiger partial charge in [0.25, 0.3) is 5.91 Å². The molecule has 0 aliphatic carbocycles. The average Bonchev–Trinajstić information content (AvgIpc) is 3.18. The third-order valence-corrected chi connectivity index (χ3v) is 6.75. The number of halogens is 1. The average molecular weight is 432 g/mol. The maximum Gasteiger partial charge on any atom is 0.251 e. The van der Waals surface area contributed by atoms with Gasteiger partial charge in [0.05, 0.1) is 4.90 Å². The second-order valence-electron chi connectivity index (χ2n) is 6.18. The first-order chi connectivity index (χ1) is 12.3. The highest BCUT2D eigenvalue weighted by Gasteiger charge is 2.21. The first kappa shape index (κ1) is 23.6. The fraction of sp³-hybridized carbons (Fsp3) is 0.389. The molecular weight excluding hydrogens is 406 g/mol. The zero-order chi connectivity index (χ0) is 19.2. The van der Waals surface area contributed by atoms with Crippen molar-refractivity contribution in [3.63, 3.8) is 0 Å². The number of rotatable bonds is 9. The van der Waals surface area contributed by atoms with Crippen molar-refractivity contribution >= 4 is 39.7 Å². The normalized spacial score (nSPS) is 11.7. The second kappa shape index (κ2) is 10.2. The number of hydrogen-bond acceptors (Lipinski definition) is 5. The van der Waals surface area contributed by atoms with E-state index in [9.17, 15) is 13.2 Å². The third-order valence-electron chi connectivity index (χ3n) is 4.45. The number of nitrogens with one attached hydrogen (secondary N) is 2. The standard InChI is InChI=1S/C18H25N3O3S2.ClH/c1-3-18(19,4-2)13-20-17(22)14-7-9-16(10-8-14)26(23,24)21-12-15-6-5-11-25-15;/h5-11,21H,3-4,12-13,19H2,1-2H3,(H,20,22);1H. The molecule has 2 rings (SSSR count). The predicted octanol–water partition coefficient (Wildman–Crippen LogP) is 2.90. The van der Waals surface area contributed by atoms with Crippen LogP contribution in [-0.2, 0) is 16.6 Å². The molecule has 2 aromatic rings. The van der Waals surface area contributed by atoms with Crippen LogP contribution in [0.15, 0.2) is 46.7 Å². The van der Waals surface area contributed by atoms with Crippen molar-refractivity contribution in [1.29, 1.82) is 0 Å². The minimum Gasteiger partial charge on any atom is -0.350 e. The van der Waals surface area contributed by atoms with Gasteiger partial charge in [0, 0.05) is 29.1 Å². The molecule has 0 atom stereocenters. The molecule has 0 spiro atoms. The van der Waals surface area contributed by atoms with E-state index in [1.165, 1.54) is 35.6 Å². The molecule has 27 heavy (non-hydrogen) atoms. The first-order valence-corrected chi connectivity index (χ1v) is 10.8. The Balaban J connectivity index is 0.00000364. The van der Waals surface area contributed by atoms with Crippen LogP contribution in [0.2, 0.25) is 0 Å². The maximum absolute atomic E-state index is 12.3. The van der Waals surface area contributed by atoms with E-state index in [1.807, 2.05) is 31.4 Å². The molecule has 9 heteroatoms. The molecule has 6 nitrogen and oxygen atoms in total. The van der Waals surface area contributed by atoms with Crippen LogP contribution >= 0.6 is 23.7 Å². The molecule has 0 bridgehead atoms. The number of carbonyl (C=O) groups is 1. The molecular formula is C18H26ClN3O3S2. The third kappa shape index (κ3) is 6.58. The lowest BCUT2D eigenvalue weighted by molar-refractivity contribution is 0.0942. The SMILES string of the molecule is CCC(N)(CC)CNC(=O)c1ccc(S(=O)(=O)NCc2cccs2)cc1.Cl. The van der Waals surface area contributed by atoms with Crippen LogP contribution in [0.5, 0.6) is 0 Å². The van der Waals surface area contributed by atoms with Gasteiger partial charge in [0.15, 0.2) is 0 Å². The first-order valence-electron chi connectivity index (χ1n) is 8.49. The van der Waals surface area contributed by atoms with Gasteiger partial charge in [-0.25, -0.2) is 13.1 Å². The Labute approximate surface area is 171 Å². The number of carbonyl (C=O) groups excluding carboxylic acids is 1. The zero-order valence-electron chi connectivity index (χ0n) is 15.4. The van der Waals surface area contributed by atoms with Crippen LogP contribution in [0.3, 0.4) is 0 Å². The molecule has 0 unspecified atom stereocenters. The number of amides is 1. The quantitative estimate of drug-likeness (QED) is 0.568. The molecule has 1 aromatic heterocycles. The molecule has 1 amide bonds. The Hall–Kier alpha value is -1.45. The summed E-state index contributed by atoms with van der Waals surface area (Å²) < 4.78 is 27.2. The van der Waals surface area contributed by atoms with Crippen molar-refractivity contribution in [1.82, 2.24) is 10.0 Å². The Morgan fingerprint density at radius 2 is 1.78 bits per heavy atom. The van der Waals surface area contributed by atoms with Crippen LogP contribution in [-0.4, -0.2) is 26.4 Å². The highest BCUT2D eigenvalue weighted by atomic mass is 35.5. The number of hydrogen-bond donors (Lipinski definition) is 3. The van der Waals surface area contributed by atoms with E-state index in [2.05, 4.69) is 10.0 Å². The largest absolute Gasteiger partial charge is 0.350 e. The lowest BCUT2D eigenvalue weighted by Crippen LogP contribution is -2.49. The summed E-state index contributed by atoms with van der Waals surface area (Å²) in [6.07, 6.45) is 1.52. The summed E-state index contributed by atoms with van der Waals surface area (Å²) in [7, 11) is -3.62. The highest BCUT2D eigenvalue weighted by molar-refractivity contribution is 7.89. The Bertz CT molecular complexity index is 818. The lowest BCUT2D eigenvalue weighted by atomic mass is 9.94. The van der Waals surface area contributed by atoms with Crippen LogP contribution in [0, 0.1) is 0 Å². The van der Waals surface area contributed by atoms with E-state index < -0.39 is 15.6 Å². The fourth-order valence-electron chi connectivity index (χ4n) is 2.31. The van der Waals surface area contributed by atoms with Gasteiger partial charge in [0.2, 0.25) is 10.0 Å². The highest BCUT2D eigenvalue weighted by Crippen LogP contribution is 2.14. The van der Waals surface area contributed by atoms with E-state index in [4.69, 9.17) is 5.73 Å². The summed E-state index contributed by atoms with van der Waals surface area (Å²) in [6.45, 7) is 4.59. The Kier molecular flexibility index (Phi) is 8.90. The van der Waals surface area contributed by atoms with Crippen LogP contribution in [0.25, 0.3) is 0 Å². The minimum atomic E-state index is -3.62. The number of sulfonamides is 1. The molecule has 1 heterocycles. The van der Waals surface area contributed by atoms with Gasteiger partial charge < -0.3 is 11.1 Å². The molecule has 0 fully saturated rings. The van der Waals surface area contributed by atoms with Crippen LogP contribution in [0.4, 0.5) is 0 Å². The van der Waals surface area contributed by atoms with Crippen molar-refractivity contribution < 1.29 is 13.2 Å². The molecule has 150 valence electrons.